The van der Waals surface area contributed by atoms with Gasteiger partial charge in [-0.25, -0.2) is 8.42 Å². The lowest BCUT2D eigenvalue weighted by Crippen LogP contribution is -2.31. The molecule has 0 aliphatic rings. The summed E-state index contributed by atoms with van der Waals surface area (Å²) in [6.45, 7) is 2.86. The molecule has 0 aliphatic heterocycles. The van der Waals surface area contributed by atoms with E-state index in [9.17, 15) is 13.2 Å². The summed E-state index contributed by atoms with van der Waals surface area (Å²) in [6.07, 6.45) is -0.313. The van der Waals surface area contributed by atoms with Gasteiger partial charge in [-0.2, -0.15) is 4.72 Å². The molecule has 0 atom stereocenters. The first-order valence-electron chi connectivity index (χ1n) is 5.36. The Morgan fingerprint density at radius 2 is 2.00 bits per heavy atom. The van der Waals surface area contributed by atoms with Crippen LogP contribution in [0.25, 0.3) is 0 Å². The number of carbonyl (C=O) groups is 1. The molecule has 0 heterocycles. The molecule has 19 heavy (non-hydrogen) atoms. The number of hydrogen-bond donors (Lipinski definition) is 1. The predicted molar refractivity (Wildman–Crippen MR) is 72.9 cm³/mol. The number of hydrogen-bond acceptors (Lipinski definition) is 4. The van der Waals surface area contributed by atoms with Gasteiger partial charge < -0.3 is 4.74 Å². The quantitative estimate of drug-likeness (QED) is 0.842. The third-order valence-electron chi connectivity index (χ3n) is 1.96. The molecule has 0 bridgehead atoms. The number of ether oxygens (including phenoxy) is 1. The van der Waals surface area contributed by atoms with Crippen LogP contribution in [0.3, 0.4) is 0 Å². The summed E-state index contributed by atoms with van der Waals surface area (Å²) < 4.78 is 30.8. The molecule has 0 radical (unpaired) electrons. The van der Waals surface area contributed by atoms with E-state index in [0.717, 1.165) is 0 Å². The van der Waals surface area contributed by atoms with Crippen molar-refractivity contribution in [1.29, 1.82) is 0 Å². The monoisotopic (exact) mass is 325 g/mol. The van der Waals surface area contributed by atoms with Crippen LogP contribution in [0, 0.1) is 0 Å². The summed E-state index contributed by atoms with van der Waals surface area (Å²) in [5.74, 6) is -0.670. The van der Waals surface area contributed by atoms with Crippen LogP contribution in [0.5, 0.6) is 0 Å². The summed E-state index contributed by atoms with van der Waals surface area (Å²) >= 11 is 11.5. The van der Waals surface area contributed by atoms with Crippen molar-refractivity contribution in [2.24, 2.45) is 0 Å². The van der Waals surface area contributed by atoms with Gasteiger partial charge in [0.05, 0.1) is 11.1 Å². The first-order chi connectivity index (χ1) is 8.72. The highest BCUT2D eigenvalue weighted by molar-refractivity contribution is 7.89. The van der Waals surface area contributed by atoms with Crippen LogP contribution in [0.15, 0.2) is 23.1 Å². The maximum Gasteiger partial charge on any atom is 0.321 e. The van der Waals surface area contributed by atoms with Crippen molar-refractivity contribution < 1.29 is 17.9 Å². The van der Waals surface area contributed by atoms with Gasteiger partial charge in [0.15, 0.2) is 0 Å². The standard InChI is InChI=1S/C11H13Cl2NO4S/c1-7(2)18-11(15)6-14-19(16,17)10-5-8(12)3-4-9(10)13/h3-5,7,14H,6H2,1-2H3. The molecule has 1 rings (SSSR count). The van der Waals surface area contributed by atoms with Crippen LogP contribution in [0.1, 0.15) is 13.8 Å². The zero-order chi connectivity index (χ0) is 14.6. The summed E-state index contributed by atoms with van der Waals surface area (Å²) in [7, 11) is -3.91. The lowest BCUT2D eigenvalue weighted by Gasteiger charge is -2.10. The van der Waals surface area contributed by atoms with Crippen molar-refractivity contribution in [2.45, 2.75) is 24.8 Å². The van der Waals surface area contributed by atoms with E-state index in [1.165, 1.54) is 18.2 Å². The summed E-state index contributed by atoms with van der Waals surface area (Å²) in [6, 6.07) is 4.04. The van der Waals surface area contributed by atoms with Gasteiger partial charge in [-0.05, 0) is 32.0 Å². The van der Waals surface area contributed by atoms with Crippen molar-refractivity contribution >= 4 is 39.2 Å². The molecule has 0 unspecified atom stereocenters. The van der Waals surface area contributed by atoms with E-state index >= 15 is 0 Å². The van der Waals surface area contributed by atoms with E-state index in [-0.39, 0.29) is 21.0 Å². The van der Waals surface area contributed by atoms with Gasteiger partial charge in [0.2, 0.25) is 10.0 Å². The Labute approximate surface area is 121 Å². The van der Waals surface area contributed by atoms with E-state index < -0.39 is 22.5 Å². The first-order valence-corrected chi connectivity index (χ1v) is 7.60. The summed E-state index contributed by atoms with van der Waals surface area (Å²) in [5, 5.41) is 0.253. The Bertz CT molecular complexity index is 572. The van der Waals surface area contributed by atoms with Crippen LogP contribution in [0.2, 0.25) is 10.0 Å². The fourth-order valence-electron chi connectivity index (χ4n) is 1.22. The molecule has 0 aliphatic carbocycles. The molecule has 0 fully saturated rings. The minimum Gasteiger partial charge on any atom is -0.462 e. The number of benzene rings is 1. The first kappa shape index (κ1) is 16.2. The fourth-order valence-corrected chi connectivity index (χ4v) is 2.95. The summed E-state index contributed by atoms with van der Waals surface area (Å²) in [5.41, 5.74) is 0. The molecule has 1 aromatic rings. The third kappa shape index (κ3) is 4.99. The topological polar surface area (TPSA) is 72.5 Å². The number of sulfonamides is 1. The average Bonchev–Trinajstić information content (AvgIpc) is 2.29. The van der Waals surface area contributed by atoms with Crippen LogP contribution in [-0.2, 0) is 19.6 Å². The second-order valence-corrected chi connectivity index (χ2v) is 6.52. The van der Waals surface area contributed by atoms with Crippen LogP contribution in [0.4, 0.5) is 0 Å². The average molecular weight is 326 g/mol. The Morgan fingerprint density at radius 1 is 1.37 bits per heavy atom. The van der Waals surface area contributed by atoms with E-state index in [1.54, 1.807) is 13.8 Å². The highest BCUT2D eigenvalue weighted by Gasteiger charge is 2.20. The van der Waals surface area contributed by atoms with Gasteiger partial charge >= 0.3 is 5.97 Å². The second-order valence-electron chi connectivity index (χ2n) is 3.94. The molecule has 0 spiro atoms. The van der Waals surface area contributed by atoms with Gasteiger partial charge in [0, 0.05) is 5.02 Å². The molecule has 0 aromatic heterocycles. The minimum absolute atomic E-state index is 0.0223. The third-order valence-corrected chi connectivity index (χ3v) is 4.07. The Hall–Kier alpha value is -0.820. The fraction of sp³-hybridized carbons (Fsp3) is 0.364. The number of esters is 1. The minimum atomic E-state index is -3.91. The Balaban J connectivity index is 2.82. The van der Waals surface area contributed by atoms with Crippen molar-refractivity contribution in [3.05, 3.63) is 28.2 Å². The Kier molecular flexibility index (Phi) is 5.61. The summed E-state index contributed by atoms with van der Waals surface area (Å²) in [4.78, 5) is 11.1. The van der Waals surface area contributed by atoms with Crippen molar-refractivity contribution in [3.63, 3.8) is 0 Å². The van der Waals surface area contributed by atoms with Crippen LogP contribution < -0.4 is 4.72 Å². The second kappa shape index (κ2) is 6.56. The van der Waals surface area contributed by atoms with Crippen LogP contribution >= 0.6 is 23.2 Å². The largest absolute Gasteiger partial charge is 0.462 e. The highest BCUT2D eigenvalue weighted by atomic mass is 35.5. The van der Waals surface area contributed by atoms with E-state index in [0.29, 0.717) is 0 Å². The van der Waals surface area contributed by atoms with Gasteiger partial charge in [0.25, 0.3) is 0 Å². The van der Waals surface area contributed by atoms with E-state index in [2.05, 4.69) is 4.72 Å². The lowest BCUT2D eigenvalue weighted by atomic mass is 10.4. The number of rotatable bonds is 5. The number of nitrogens with one attached hydrogen (secondary N) is 1. The molecule has 106 valence electrons. The molecular formula is C11H13Cl2NO4S. The van der Waals surface area contributed by atoms with Crippen molar-refractivity contribution in [1.82, 2.24) is 4.72 Å². The maximum absolute atomic E-state index is 11.9. The van der Waals surface area contributed by atoms with Gasteiger partial charge in [-0.3, -0.25) is 4.79 Å². The smallest absolute Gasteiger partial charge is 0.321 e. The Morgan fingerprint density at radius 3 is 2.58 bits per heavy atom. The molecule has 0 amide bonds. The van der Waals surface area contributed by atoms with E-state index in [4.69, 9.17) is 27.9 Å². The molecule has 0 saturated carbocycles. The van der Waals surface area contributed by atoms with Gasteiger partial charge in [0.1, 0.15) is 11.4 Å². The zero-order valence-corrected chi connectivity index (χ0v) is 12.6. The van der Waals surface area contributed by atoms with Gasteiger partial charge in [-0.15, -0.1) is 0 Å². The molecule has 1 N–H and O–H groups in total. The van der Waals surface area contributed by atoms with E-state index in [1.807, 2.05) is 0 Å². The molecule has 5 nitrogen and oxygen atoms in total. The SMILES string of the molecule is CC(C)OC(=O)CNS(=O)(=O)c1cc(Cl)ccc1Cl. The van der Waals surface area contributed by atoms with Crippen LogP contribution in [-0.4, -0.2) is 27.0 Å². The molecule has 1 aromatic carbocycles. The molecule has 0 saturated heterocycles. The number of carbonyl (C=O) groups excluding carboxylic acids is 1. The zero-order valence-electron chi connectivity index (χ0n) is 10.3. The normalized spacial score (nSPS) is 11.6. The molecular weight excluding hydrogens is 313 g/mol. The highest BCUT2D eigenvalue weighted by Crippen LogP contribution is 2.24. The van der Waals surface area contributed by atoms with Crippen molar-refractivity contribution in [2.75, 3.05) is 6.54 Å². The maximum atomic E-state index is 11.9. The van der Waals surface area contributed by atoms with Crippen molar-refractivity contribution in [3.8, 4) is 0 Å². The predicted octanol–water partition coefficient (Wildman–Crippen LogP) is 2.22. The number of halogens is 2. The lowest BCUT2D eigenvalue weighted by molar-refractivity contribution is -0.145. The molecule has 8 heteroatoms. The van der Waals surface area contributed by atoms with Gasteiger partial charge in [-0.1, -0.05) is 23.2 Å².